The molecule has 0 bridgehead atoms. The number of carboxylic acids is 1. The van der Waals surface area contributed by atoms with Gasteiger partial charge in [-0.05, 0) is 41.5 Å². The summed E-state index contributed by atoms with van der Waals surface area (Å²) in [6.07, 6.45) is 0. The van der Waals surface area contributed by atoms with Crippen molar-refractivity contribution in [3.8, 4) is 11.5 Å². The molecule has 162 valence electrons. The molecule has 0 unspecified atom stereocenters. The number of hydrogen-bond donors (Lipinski definition) is 2. The summed E-state index contributed by atoms with van der Waals surface area (Å²) in [6, 6.07) is 14.4. The van der Waals surface area contributed by atoms with Crippen molar-refractivity contribution < 1.29 is 23.8 Å². The van der Waals surface area contributed by atoms with E-state index in [1.165, 1.54) is 19.2 Å². The van der Waals surface area contributed by atoms with Gasteiger partial charge in [0.05, 0.1) is 17.7 Å². The van der Waals surface area contributed by atoms with E-state index in [1.54, 1.807) is 42.5 Å². The second-order valence-corrected chi connectivity index (χ2v) is 7.50. The molecule has 0 aliphatic carbocycles. The van der Waals surface area contributed by atoms with Crippen LogP contribution >= 0.6 is 23.2 Å². The second kappa shape index (κ2) is 10.5. The number of nitrogens with one attached hydrogen (secondary N) is 1. The van der Waals surface area contributed by atoms with Crippen LogP contribution in [0.15, 0.2) is 54.6 Å². The number of carbonyl (C=O) groups is 1. The Balaban J connectivity index is 1.65. The molecule has 0 saturated heterocycles. The smallest absolute Gasteiger partial charge is 0.335 e. The Morgan fingerprint density at radius 1 is 1.03 bits per heavy atom. The minimum absolute atomic E-state index is 0.0673. The van der Waals surface area contributed by atoms with Crippen molar-refractivity contribution in [1.29, 1.82) is 0 Å². The van der Waals surface area contributed by atoms with E-state index in [9.17, 15) is 9.18 Å². The lowest BCUT2D eigenvalue weighted by Crippen LogP contribution is -2.13. The Kier molecular flexibility index (Phi) is 7.74. The Morgan fingerprint density at radius 3 is 2.42 bits per heavy atom. The van der Waals surface area contributed by atoms with Crippen molar-refractivity contribution in [2.24, 2.45) is 0 Å². The van der Waals surface area contributed by atoms with Crippen LogP contribution in [0.25, 0.3) is 0 Å². The Hall–Kier alpha value is -2.80. The first kappa shape index (κ1) is 22.9. The molecular weight excluding hydrogens is 444 g/mol. The summed E-state index contributed by atoms with van der Waals surface area (Å²) in [5.41, 5.74) is 2.22. The first-order valence-corrected chi connectivity index (χ1v) is 10.1. The van der Waals surface area contributed by atoms with Gasteiger partial charge in [-0.1, -0.05) is 41.4 Å². The zero-order valence-corrected chi connectivity index (χ0v) is 18.1. The molecule has 3 aromatic carbocycles. The first-order chi connectivity index (χ1) is 14.9. The van der Waals surface area contributed by atoms with Crippen molar-refractivity contribution in [3.63, 3.8) is 0 Å². The topological polar surface area (TPSA) is 67.8 Å². The van der Waals surface area contributed by atoms with Gasteiger partial charge in [-0.25, -0.2) is 9.18 Å². The SMILES string of the molecule is COc1cc(CNCc2ccc(C(=O)O)cc2)c(Cl)cc1OCc1c(F)cccc1Cl. The van der Waals surface area contributed by atoms with E-state index >= 15 is 0 Å². The molecule has 0 aliphatic rings. The summed E-state index contributed by atoms with van der Waals surface area (Å²) in [7, 11) is 1.51. The minimum atomic E-state index is -0.960. The van der Waals surface area contributed by atoms with Crippen LogP contribution < -0.4 is 14.8 Å². The molecule has 3 rings (SSSR count). The lowest BCUT2D eigenvalue weighted by atomic mass is 10.1. The van der Waals surface area contributed by atoms with Gasteiger partial charge in [0.2, 0.25) is 0 Å². The van der Waals surface area contributed by atoms with E-state index < -0.39 is 11.8 Å². The molecule has 8 heteroatoms. The highest BCUT2D eigenvalue weighted by molar-refractivity contribution is 6.31. The van der Waals surface area contributed by atoms with Crippen molar-refractivity contribution in [2.45, 2.75) is 19.7 Å². The molecule has 0 spiro atoms. The van der Waals surface area contributed by atoms with Crippen LogP contribution in [0.1, 0.15) is 27.0 Å². The number of halogens is 3. The fourth-order valence-corrected chi connectivity index (χ4v) is 3.35. The molecule has 5 nitrogen and oxygen atoms in total. The molecule has 0 amide bonds. The van der Waals surface area contributed by atoms with Gasteiger partial charge in [-0.3, -0.25) is 0 Å². The maximum atomic E-state index is 14.0. The molecule has 0 radical (unpaired) electrons. The molecule has 0 aromatic heterocycles. The summed E-state index contributed by atoms with van der Waals surface area (Å²) < 4.78 is 25.1. The molecule has 0 heterocycles. The number of hydrogen-bond acceptors (Lipinski definition) is 4. The van der Waals surface area contributed by atoms with Gasteiger partial charge in [0.25, 0.3) is 0 Å². The molecular formula is C23H20Cl2FNO4. The Morgan fingerprint density at radius 2 is 1.77 bits per heavy atom. The van der Waals surface area contributed by atoms with Crippen LogP contribution in [-0.2, 0) is 19.7 Å². The maximum Gasteiger partial charge on any atom is 0.335 e. The molecule has 0 atom stereocenters. The highest BCUT2D eigenvalue weighted by atomic mass is 35.5. The molecule has 0 aliphatic heterocycles. The van der Waals surface area contributed by atoms with Crippen LogP contribution in [0, 0.1) is 5.82 Å². The fraction of sp³-hybridized carbons (Fsp3) is 0.174. The number of benzene rings is 3. The Labute approximate surface area is 189 Å². The number of aromatic carboxylic acids is 1. The number of carboxylic acid groups (broad SMARTS) is 1. The summed E-state index contributed by atoms with van der Waals surface area (Å²) in [5.74, 6) is -0.577. The molecule has 0 saturated carbocycles. The molecule has 3 aromatic rings. The first-order valence-electron chi connectivity index (χ1n) is 9.34. The number of methoxy groups -OCH3 is 1. The van der Waals surface area contributed by atoms with Crippen LogP contribution in [0.4, 0.5) is 4.39 Å². The summed E-state index contributed by atoms with van der Waals surface area (Å²) in [4.78, 5) is 10.9. The molecule has 2 N–H and O–H groups in total. The van der Waals surface area contributed by atoms with Crippen molar-refractivity contribution in [1.82, 2.24) is 5.32 Å². The average Bonchev–Trinajstić information content (AvgIpc) is 2.75. The van der Waals surface area contributed by atoms with Crippen molar-refractivity contribution in [3.05, 3.63) is 92.7 Å². The normalized spacial score (nSPS) is 10.7. The van der Waals surface area contributed by atoms with Crippen molar-refractivity contribution in [2.75, 3.05) is 7.11 Å². The van der Waals surface area contributed by atoms with E-state index in [-0.39, 0.29) is 22.8 Å². The van der Waals surface area contributed by atoms with E-state index in [0.717, 1.165) is 11.1 Å². The highest BCUT2D eigenvalue weighted by Crippen LogP contribution is 2.34. The van der Waals surface area contributed by atoms with E-state index in [0.29, 0.717) is 29.6 Å². The lowest BCUT2D eigenvalue weighted by molar-refractivity contribution is 0.0697. The zero-order valence-electron chi connectivity index (χ0n) is 16.6. The predicted molar refractivity (Wildman–Crippen MR) is 118 cm³/mol. The largest absolute Gasteiger partial charge is 0.493 e. The Bertz CT molecular complexity index is 1050. The minimum Gasteiger partial charge on any atom is -0.493 e. The van der Waals surface area contributed by atoms with Gasteiger partial charge >= 0.3 is 5.97 Å². The number of ether oxygens (including phenoxy) is 2. The molecule has 31 heavy (non-hydrogen) atoms. The van der Waals surface area contributed by atoms with Crippen LogP contribution in [0.5, 0.6) is 11.5 Å². The van der Waals surface area contributed by atoms with E-state index in [1.807, 2.05) is 0 Å². The summed E-state index contributed by atoms with van der Waals surface area (Å²) in [6.45, 7) is 0.917. The van der Waals surface area contributed by atoms with Crippen molar-refractivity contribution >= 4 is 29.2 Å². The van der Waals surface area contributed by atoms with Gasteiger partial charge < -0.3 is 19.9 Å². The second-order valence-electron chi connectivity index (χ2n) is 6.69. The highest BCUT2D eigenvalue weighted by Gasteiger charge is 2.13. The van der Waals surface area contributed by atoms with Crippen LogP contribution in [-0.4, -0.2) is 18.2 Å². The third-order valence-electron chi connectivity index (χ3n) is 4.61. The van der Waals surface area contributed by atoms with Gasteiger partial charge in [-0.15, -0.1) is 0 Å². The summed E-state index contributed by atoms with van der Waals surface area (Å²) >= 11 is 12.4. The predicted octanol–water partition coefficient (Wildman–Crippen LogP) is 5.71. The van der Waals surface area contributed by atoms with Crippen LogP contribution in [0.2, 0.25) is 10.0 Å². The van der Waals surface area contributed by atoms with Gasteiger partial charge in [0.1, 0.15) is 12.4 Å². The lowest BCUT2D eigenvalue weighted by Gasteiger charge is -2.15. The van der Waals surface area contributed by atoms with Gasteiger partial charge in [-0.2, -0.15) is 0 Å². The zero-order chi connectivity index (χ0) is 22.4. The van der Waals surface area contributed by atoms with E-state index in [2.05, 4.69) is 5.32 Å². The third kappa shape index (κ3) is 5.88. The van der Waals surface area contributed by atoms with Crippen LogP contribution in [0.3, 0.4) is 0 Å². The quantitative estimate of drug-likeness (QED) is 0.425. The van der Waals surface area contributed by atoms with Gasteiger partial charge in [0.15, 0.2) is 11.5 Å². The fourth-order valence-electron chi connectivity index (χ4n) is 2.91. The standard InChI is InChI=1S/C23H20Cl2FNO4/c1-30-21-9-16(12-27-11-14-5-7-15(8-6-14)23(28)29)19(25)10-22(21)31-13-17-18(24)3-2-4-20(17)26/h2-10,27H,11-13H2,1H3,(H,28,29). The third-order valence-corrected chi connectivity index (χ3v) is 5.32. The van der Waals surface area contributed by atoms with E-state index in [4.69, 9.17) is 37.8 Å². The monoisotopic (exact) mass is 463 g/mol. The van der Waals surface area contributed by atoms with Gasteiger partial charge in [0, 0.05) is 29.7 Å². The average molecular weight is 464 g/mol. The number of rotatable bonds is 9. The summed E-state index contributed by atoms with van der Waals surface area (Å²) in [5, 5.41) is 13.0. The maximum absolute atomic E-state index is 14.0. The molecule has 0 fully saturated rings.